The molecule has 0 spiro atoms. The second-order valence-corrected chi connectivity index (χ2v) is 7.49. The van der Waals surface area contributed by atoms with Gasteiger partial charge in [0.1, 0.15) is 5.75 Å². The van der Waals surface area contributed by atoms with E-state index in [4.69, 9.17) is 4.74 Å². The SMILES string of the molecule is CCn1cc(CN2C3CCC2c2cccnc2C3)c2cc(OC)ccc21. The van der Waals surface area contributed by atoms with Crippen LogP contribution in [-0.2, 0) is 19.5 Å². The predicted octanol–water partition coefficient (Wildman–Crippen LogP) is 4.33. The molecule has 2 atom stereocenters. The van der Waals surface area contributed by atoms with E-state index in [9.17, 15) is 0 Å². The molecule has 2 aliphatic rings. The summed E-state index contributed by atoms with van der Waals surface area (Å²) in [6, 6.07) is 11.9. The summed E-state index contributed by atoms with van der Waals surface area (Å²) in [5, 5.41) is 1.32. The van der Waals surface area contributed by atoms with Gasteiger partial charge in [-0.2, -0.15) is 0 Å². The summed E-state index contributed by atoms with van der Waals surface area (Å²) in [5.74, 6) is 0.934. The van der Waals surface area contributed by atoms with Crippen molar-refractivity contribution in [2.75, 3.05) is 7.11 Å². The maximum absolute atomic E-state index is 5.48. The maximum atomic E-state index is 5.48. The van der Waals surface area contributed by atoms with Gasteiger partial charge < -0.3 is 9.30 Å². The van der Waals surface area contributed by atoms with Crippen LogP contribution in [0.1, 0.15) is 42.6 Å². The van der Waals surface area contributed by atoms with Gasteiger partial charge in [0, 0.05) is 60.6 Å². The molecular formula is C22H25N3O. The molecule has 2 aromatic heterocycles. The van der Waals surface area contributed by atoms with Crippen LogP contribution in [0.5, 0.6) is 5.75 Å². The molecule has 26 heavy (non-hydrogen) atoms. The molecule has 4 heteroatoms. The summed E-state index contributed by atoms with van der Waals surface area (Å²) in [4.78, 5) is 7.35. The highest BCUT2D eigenvalue weighted by molar-refractivity contribution is 5.85. The first-order valence-corrected chi connectivity index (χ1v) is 9.63. The maximum Gasteiger partial charge on any atom is 0.119 e. The molecular weight excluding hydrogens is 322 g/mol. The monoisotopic (exact) mass is 347 g/mol. The van der Waals surface area contributed by atoms with Gasteiger partial charge in [0.15, 0.2) is 0 Å². The Balaban J connectivity index is 1.54. The minimum Gasteiger partial charge on any atom is -0.497 e. The molecule has 2 aliphatic heterocycles. The molecule has 0 N–H and O–H groups in total. The van der Waals surface area contributed by atoms with E-state index in [0.29, 0.717) is 12.1 Å². The summed E-state index contributed by atoms with van der Waals surface area (Å²) >= 11 is 0. The molecule has 0 radical (unpaired) electrons. The molecule has 5 rings (SSSR count). The molecule has 0 saturated carbocycles. The number of hydrogen-bond acceptors (Lipinski definition) is 3. The lowest BCUT2D eigenvalue weighted by atomic mass is 9.97. The third-order valence-corrected chi connectivity index (χ3v) is 6.22. The Hall–Kier alpha value is -2.33. The van der Waals surface area contributed by atoms with Crippen LogP contribution >= 0.6 is 0 Å². The van der Waals surface area contributed by atoms with Crippen LogP contribution in [-0.4, -0.2) is 27.6 Å². The van der Waals surface area contributed by atoms with Crippen LogP contribution in [0.3, 0.4) is 0 Å². The van der Waals surface area contributed by atoms with E-state index < -0.39 is 0 Å². The van der Waals surface area contributed by atoms with E-state index in [0.717, 1.165) is 25.3 Å². The summed E-state index contributed by atoms with van der Waals surface area (Å²) in [5.41, 5.74) is 5.46. The van der Waals surface area contributed by atoms with Crippen molar-refractivity contribution in [1.82, 2.24) is 14.5 Å². The number of hydrogen-bond donors (Lipinski definition) is 0. The van der Waals surface area contributed by atoms with Gasteiger partial charge in [-0.05, 0) is 55.2 Å². The smallest absolute Gasteiger partial charge is 0.119 e. The van der Waals surface area contributed by atoms with Crippen molar-refractivity contribution in [3.63, 3.8) is 0 Å². The second-order valence-electron chi connectivity index (χ2n) is 7.49. The van der Waals surface area contributed by atoms with Crippen molar-refractivity contribution in [3.8, 4) is 5.75 Å². The standard InChI is InChI=1S/C22H25N3O/c1-3-24-13-15(19-12-17(26-2)7-9-21(19)24)14-25-16-6-8-22(25)18-5-4-10-23-20(18)11-16/h4-5,7,9-10,12-13,16,22H,3,6,8,11,14H2,1-2H3. The number of aryl methyl sites for hydroxylation is 1. The molecule has 1 fully saturated rings. The first-order valence-electron chi connectivity index (χ1n) is 9.63. The predicted molar refractivity (Wildman–Crippen MR) is 103 cm³/mol. The number of ether oxygens (including phenoxy) is 1. The van der Waals surface area contributed by atoms with Crippen LogP contribution in [0.25, 0.3) is 10.9 Å². The Morgan fingerprint density at radius 1 is 1.23 bits per heavy atom. The van der Waals surface area contributed by atoms with Gasteiger partial charge in [-0.15, -0.1) is 0 Å². The average molecular weight is 347 g/mol. The van der Waals surface area contributed by atoms with Crippen LogP contribution in [0, 0.1) is 0 Å². The topological polar surface area (TPSA) is 30.3 Å². The lowest BCUT2D eigenvalue weighted by molar-refractivity contribution is 0.167. The van der Waals surface area contributed by atoms with Gasteiger partial charge in [-0.25, -0.2) is 0 Å². The number of nitrogens with zero attached hydrogens (tertiary/aromatic N) is 3. The number of rotatable bonds is 4. The summed E-state index contributed by atoms with van der Waals surface area (Å²) in [6.45, 7) is 4.20. The van der Waals surface area contributed by atoms with Crippen LogP contribution < -0.4 is 4.74 Å². The highest BCUT2D eigenvalue weighted by Crippen LogP contribution is 2.44. The fourth-order valence-corrected chi connectivity index (χ4v) is 4.94. The minimum atomic E-state index is 0.517. The molecule has 2 unspecified atom stereocenters. The number of methoxy groups -OCH3 is 1. The Kier molecular flexibility index (Phi) is 3.75. The highest BCUT2D eigenvalue weighted by Gasteiger charge is 2.40. The van der Waals surface area contributed by atoms with E-state index in [2.05, 4.69) is 57.9 Å². The Labute approximate surface area is 154 Å². The van der Waals surface area contributed by atoms with Crippen molar-refractivity contribution < 1.29 is 4.74 Å². The zero-order valence-electron chi connectivity index (χ0n) is 15.5. The Morgan fingerprint density at radius 3 is 3.00 bits per heavy atom. The molecule has 4 heterocycles. The van der Waals surface area contributed by atoms with Gasteiger partial charge in [0.05, 0.1) is 7.11 Å². The van der Waals surface area contributed by atoms with Gasteiger partial charge in [0.25, 0.3) is 0 Å². The Morgan fingerprint density at radius 2 is 2.15 bits per heavy atom. The van der Waals surface area contributed by atoms with Gasteiger partial charge in [0.2, 0.25) is 0 Å². The third kappa shape index (κ3) is 2.36. The van der Waals surface area contributed by atoms with Crippen LogP contribution in [0.4, 0.5) is 0 Å². The Bertz CT molecular complexity index is 961. The van der Waals surface area contributed by atoms with Gasteiger partial charge in [-0.1, -0.05) is 6.07 Å². The molecule has 134 valence electrons. The van der Waals surface area contributed by atoms with Gasteiger partial charge >= 0.3 is 0 Å². The summed E-state index contributed by atoms with van der Waals surface area (Å²) in [7, 11) is 1.74. The fraction of sp³-hybridized carbons (Fsp3) is 0.409. The zero-order chi connectivity index (χ0) is 17.7. The fourth-order valence-electron chi connectivity index (χ4n) is 4.94. The quantitative estimate of drug-likeness (QED) is 0.704. The van der Waals surface area contributed by atoms with E-state index in [1.165, 1.54) is 40.6 Å². The van der Waals surface area contributed by atoms with Crippen molar-refractivity contribution in [1.29, 1.82) is 0 Å². The van der Waals surface area contributed by atoms with Gasteiger partial charge in [-0.3, -0.25) is 9.88 Å². The van der Waals surface area contributed by atoms with E-state index >= 15 is 0 Å². The van der Waals surface area contributed by atoms with Crippen molar-refractivity contribution in [2.45, 2.75) is 51.4 Å². The lowest BCUT2D eigenvalue weighted by Crippen LogP contribution is -2.37. The molecule has 1 saturated heterocycles. The average Bonchev–Trinajstić information content (AvgIpc) is 3.17. The normalized spacial score (nSPS) is 21.9. The van der Waals surface area contributed by atoms with E-state index in [1.54, 1.807) is 7.11 Å². The molecule has 3 aromatic rings. The number of pyridine rings is 1. The largest absolute Gasteiger partial charge is 0.497 e. The minimum absolute atomic E-state index is 0.517. The second kappa shape index (κ2) is 6.13. The van der Waals surface area contributed by atoms with Crippen LogP contribution in [0.2, 0.25) is 0 Å². The summed E-state index contributed by atoms with van der Waals surface area (Å²) < 4.78 is 7.83. The molecule has 0 aliphatic carbocycles. The van der Waals surface area contributed by atoms with Crippen LogP contribution in [0.15, 0.2) is 42.7 Å². The molecule has 0 amide bonds. The molecule has 4 nitrogen and oxygen atoms in total. The summed E-state index contributed by atoms with van der Waals surface area (Å²) in [6.07, 6.45) is 7.88. The van der Waals surface area contributed by atoms with Crippen molar-refractivity contribution in [3.05, 3.63) is 59.5 Å². The van der Waals surface area contributed by atoms with E-state index in [1.807, 2.05) is 6.20 Å². The highest BCUT2D eigenvalue weighted by atomic mass is 16.5. The number of fused-ring (bicyclic) bond motifs is 5. The van der Waals surface area contributed by atoms with Crippen molar-refractivity contribution in [2.24, 2.45) is 0 Å². The number of benzene rings is 1. The van der Waals surface area contributed by atoms with E-state index in [-0.39, 0.29) is 0 Å². The number of aromatic nitrogens is 2. The molecule has 1 aromatic carbocycles. The third-order valence-electron chi connectivity index (χ3n) is 6.22. The lowest BCUT2D eigenvalue weighted by Gasteiger charge is -2.35. The zero-order valence-corrected chi connectivity index (χ0v) is 15.5. The first-order chi connectivity index (χ1) is 12.8. The molecule has 2 bridgehead atoms. The van der Waals surface area contributed by atoms with Crippen molar-refractivity contribution >= 4 is 10.9 Å². The first kappa shape index (κ1) is 15.9.